The Kier molecular flexibility index (Phi) is 7.07. The van der Waals surface area contributed by atoms with Crippen molar-refractivity contribution in [3.05, 3.63) is 89.5 Å². The average Bonchev–Trinajstić information content (AvgIpc) is 2.61. The van der Waals surface area contributed by atoms with Crippen LogP contribution in [0, 0.1) is 20.8 Å². The number of hydrogen-bond acceptors (Lipinski definition) is 3. The summed E-state index contributed by atoms with van der Waals surface area (Å²) in [6.07, 6.45) is 0. The van der Waals surface area contributed by atoms with Crippen LogP contribution in [0.1, 0.15) is 16.7 Å². The van der Waals surface area contributed by atoms with Gasteiger partial charge < -0.3 is 0 Å². The van der Waals surface area contributed by atoms with Crippen molar-refractivity contribution in [3.63, 3.8) is 0 Å². The first kappa shape index (κ1) is 19.0. The van der Waals surface area contributed by atoms with E-state index in [9.17, 15) is 0 Å². The van der Waals surface area contributed by atoms with Crippen molar-refractivity contribution in [2.75, 3.05) is 0 Å². The zero-order valence-electron chi connectivity index (χ0n) is 14.6. The molecule has 0 aliphatic heterocycles. The van der Waals surface area contributed by atoms with Crippen LogP contribution in [0.25, 0.3) is 0 Å². The Bertz CT molecular complexity index is 683. The van der Waals surface area contributed by atoms with E-state index in [2.05, 4.69) is 124 Å². The van der Waals surface area contributed by atoms with Crippen molar-refractivity contribution in [3.8, 4) is 0 Å². The van der Waals surface area contributed by atoms with Gasteiger partial charge in [0.15, 0.2) is 0 Å². The molecule has 0 radical (unpaired) electrons. The number of hydrogen-bond donors (Lipinski definition) is 0. The minimum absolute atomic E-state index is 1.29. The molecular weight excluding hydrogens is 423 g/mol. The first-order chi connectivity index (χ1) is 12.1. The van der Waals surface area contributed by atoms with E-state index < -0.39 is 11.2 Å². The Morgan fingerprint density at radius 3 is 0.920 bits per heavy atom. The molecule has 0 fully saturated rings. The van der Waals surface area contributed by atoms with Crippen molar-refractivity contribution in [1.29, 1.82) is 0 Å². The van der Waals surface area contributed by atoms with Gasteiger partial charge in [-0.3, -0.25) is 0 Å². The van der Waals surface area contributed by atoms with E-state index in [1.54, 1.807) is 0 Å². The summed E-state index contributed by atoms with van der Waals surface area (Å²) in [7, 11) is 6.20. The van der Waals surface area contributed by atoms with E-state index in [0.29, 0.717) is 0 Å². The Labute approximate surface area is 165 Å². The van der Waals surface area contributed by atoms with Crippen LogP contribution >= 0.6 is 30.1 Å². The fraction of sp³-hybridized carbons (Fsp3) is 0.143. The van der Waals surface area contributed by atoms with Crippen LogP contribution in [0.4, 0.5) is 0 Å². The molecule has 0 N–H and O–H groups in total. The molecule has 0 aliphatic carbocycles. The zero-order chi connectivity index (χ0) is 17.6. The zero-order valence-corrected chi connectivity index (χ0v) is 18.9. The molecule has 0 spiro atoms. The molecule has 0 aliphatic rings. The third kappa shape index (κ3) is 6.18. The number of rotatable bonds is 6. The van der Waals surface area contributed by atoms with Gasteiger partial charge in [0.2, 0.25) is 0 Å². The summed E-state index contributed by atoms with van der Waals surface area (Å²) in [5.41, 5.74) is 3.96. The summed E-state index contributed by atoms with van der Waals surface area (Å²) in [4.78, 5) is 4.14. The van der Waals surface area contributed by atoms with Crippen molar-refractivity contribution in [1.82, 2.24) is 0 Å². The number of aryl methyl sites for hydroxylation is 3. The van der Waals surface area contributed by atoms with Crippen LogP contribution in [-0.4, -0.2) is 11.2 Å². The first-order valence-corrected chi connectivity index (χ1v) is 17.3. The summed E-state index contributed by atoms with van der Waals surface area (Å²) in [6, 6.07) is 26.8. The third-order valence-electron chi connectivity index (χ3n) is 3.60. The molecule has 3 rings (SSSR count). The van der Waals surface area contributed by atoms with Crippen molar-refractivity contribution in [2.45, 2.75) is 35.5 Å². The molecule has 0 saturated carbocycles. The summed E-state index contributed by atoms with van der Waals surface area (Å²) < 4.78 is 0. The minimum atomic E-state index is -1.29. The van der Waals surface area contributed by atoms with Crippen molar-refractivity contribution < 1.29 is 0 Å². The van der Waals surface area contributed by atoms with E-state index in [-0.39, 0.29) is 0 Å². The molecule has 0 unspecified atom stereocenters. The Hall–Kier alpha value is -0.732. The Morgan fingerprint density at radius 1 is 0.440 bits per heavy atom. The summed E-state index contributed by atoms with van der Waals surface area (Å²) in [5.74, 6) is 0. The Balaban J connectivity index is 1.77. The second-order valence-electron chi connectivity index (χ2n) is 5.94. The first-order valence-electron chi connectivity index (χ1n) is 8.12. The maximum atomic E-state index is 2.26. The van der Waals surface area contributed by atoms with Crippen LogP contribution < -0.4 is 0 Å². The molecule has 0 bridgehead atoms. The molecular formula is C21H21AsS3. The van der Waals surface area contributed by atoms with E-state index >= 15 is 0 Å². The average molecular weight is 445 g/mol. The molecule has 0 atom stereocenters. The van der Waals surface area contributed by atoms with Gasteiger partial charge in [0.25, 0.3) is 0 Å². The second-order valence-corrected chi connectivity index (χ2v) is 21.6. The van der Waals surface area contributed by atoms with Crippen LogP contribution in [0.3, 0.4) is 0 Å². The van der Waals surface area contributed by atoms with Gasteiger partial charge in [-0.15, -0.1) is 0 Å². The second kappa shape index (κ2) is 9.28. The summed E-state index contributed by atoms with van der Waals surface area (Å²) >= 11 is -1.29. The van der Waals surface area contributed by atoms with Crippen LogP contribution in [0.2, 0.25) is 0 Å². The van der Waals surface area contributed by atoms with E-state index in [4.69, 9.17) is 0 Å². The van der Waals surface area contributed by atoms with Gasteiger partial charge in [-0.1, -0.05) is 0 Å². The van der Waals surface area contributed by atoms with Gasteiger partial charge in [-0.2, -0.15) is 0 Å². The van der Waals surface area contributed by atoms with Gasteiger partial charge in [0, 0.05) is 0 Å². The van der Waals surface area contributed by atoms with E-state index in [1.807, 2.05) is 0 Å². The number of benzene rings is 3. The molecule has 25 heavy (non-hydrogen) atoms. The van der Waals surface area contributed by atoms with Crippen LogP contribution in [-0.2, 0) is 0 Å². The molecule has 128 valence electrons. The molecule has 0 nitrogen and oxygen atoms in total. The molecule has 0 amide bonds. The van der Waals surface area contributed by atoms with E-state index in [0.717, 1.165) is 0 Å². The topological polar surface area (TPSA) is 0 Å². The SMILES string of the molecule is Cc1ccc(S[As](Sc2ccc(C)cc2)Sc2ccc(C)cc2)cc1. The quantitative estimate of drug-likeness (QED) is 0.367. The normalized spacial score (nSPS) is 11.0. The molecule has 0 heterocycles. The molecule has 3 aromatic rings. The van der Waals surface area contributed by atoms with Crippen LogP contribution in [0.15, 0.2) is 87.5 Å². The van der Waals surface area contributed by atoms with Gasteiger partial charge in [0.05, 0.1) is 0 Å². The maximum absolute atomic E-state index is 2.26. The summed E-state index contributed by atoms with van der Waals surface area (Å²) in [6.45, 7) is 6.43. The molecule has 0 saturated heterocycles. The predicted octanol–water partition coefficient (Wildman–Crippen LogP) is 7.27. The van der Waals surface area contributed by atoms with Gasteiger partial charge >= 0.3 is 166 Å². The monoisotopic (exact) mass is 444 g/mol. The Morgan fingerprint density at radius 2 is 0.680 bits per heavy atom. The summed E-state index contributed by atoms with van der Waals surface area (Å²) in [5, 5.41) is 0. The van der Waals surface area contributed by atoms with Crippen molar-refractivity contribution in [2.24, 2.45) is 0 Å². The van der Waals surface area contributed by atoms with Gasteiger partial charge in [0.1, 0.15) is 0 Å². The van der Waals surface area contributed by atoms with Crippen molar-refractivity contribution >= 4 is 41.3 Å². The standard InChI is InChI=1S/C21H21AsS3/c1-16-4-10-19(11-5-16)23-22(24-20-12-6-17(2)7-13-20)25-21-14-8-18(3)9-15-21/h4-15H,1-3H3. The molecule has 4 heteroatoms. The predicted molar refractivity (Wildman–Crippen MR) is 117 cm³/mol. The fourth-order valence-electron chi connectivity index (χ4n) is 2.11. The van der Waals surface area contributed by atoms with Gasteiger partial charge in [-0.05, 0) is 0 Å². The van der Waals surface area contributed by atoms with E-state index in [1.165, 1.54) is 31.4 Å². The molecule has 0 aromatic heterocycles. The third-order valence-corrected chi connectivity index (χ3v) is 19.3. The molecule has 3 aromatic carbocycles. The van der Waals surface area contributed by atoms with Gasteiger partial charge in [-0.25, -0.2) is 0 Å². The van der Waals surface area contributed by atoms with Crippen LogP contribution in [0.5, 0.6) is 0 Å². The fourth-order valence-corrected chi connectivity index (χ4v) is 19.6.